The quantitative estimate of drug-likeness (QED) is 0.407. The lowest BCUT2D eigenvalue weighted by Crippen LogP contribution is -2.07. The minimum Gasteiger partial charge on any atom is -0.483 e. The van der Waals surface area contributed by atoms with E-state index in [1.165, 1.54) is 0 Å². The number of hydrogen-bond acceptors (Lipinski definition) is 2. The van der Waals surface area contributed by atoms with Gasteiger partial charge in [-0.3, -0.25) is 0 Å². The summed E-state index contributed by atoms with van der Waals surface area (Å²) in [6.45, 7) is 1.25. The van der Waals surface area contributed by atoms with Crippen LogP contribution in [0.15, 0.2) is 4.99 Å². The van der Waals surface area contributed by atoms with E-state index < -0.39 is 0 Å². The van der Waals surface area contributed by atoms with Gasteiger partial charge in [-0.25, -0.2) is 10.3 Å². The van der Waals surface area contributed by atoms with Crippen molar-refractivity contribution in [1.82, 2.24) is 5.32 Å². The van der Waals surface area contributed by atoms with Crippen molar-refractivity contribution >= 4 is 5.90 Å². The molecule has 0 aliphatic carbocycles. The molecule has 0 aromatic rings. The van der Waals surface area contributed by atoms with Gasteiger partial charge in [-0.1, -0.05) is 0 Å². The molecule has 0 unspecified atom stereocenters. The summed E-state index contributed by atoms with van der Waals surface area (Å²) in [5.74, 6) is 0.750. The van der Waals surface area contributed by atoms with Crippen LogP contribution in [-0.2, 0) is 4.74 Å². The Balaban J connectivity index is 2.36. The highest BCUT2D eigenvalue weighted by Crippen LogP contribution is 1.85. The van der Waals surface area contributed by atoms with Crippen LogP contribution in [0.5, 0.6) is 0 Å². The molecule has 1 rings (SSSR count). The molecule has 1 aliphatic rings. The maximum atomic E-state index is 4.77. The highest BCUT2D eigenvalue weighted by molar-refractivity contribution is 5.79. The average Bonchev–Trinajstić information content (AvgIpc) is 2.14. The third-order valence-corrected chi connectivity index (χ3v) is 0.830. The van der Waals surface area contributed by atoms with Crippen molar-refractivity contribution in [1.29, 1.82) is 0 Å². The molecule has 0 bridgehead atoms. The third-order valence-electron chi connectivity index (χ3n) is 0.830. The van der Waals surface area contributed by atoms with E-state index in [2.05, 4.69) is 10.3 Å². The van der Waals surface area contributed by atoms with Crippen molar-refractivity contribution in [3.05, 3.63) is 0 Å². The van der Waals surface area contributed by atoms with Crippen LogP contribution in [-0.4, -0.2) is 26.2 Å². The first kappa shape index (κ1) is 4.59. The summed E-state index contributed by atoms with van der Waals surface area (Å²) in [6, 6.07) is 0. The van der Waals surface area contributed by atoms with Gasteiger partial charge in [-0.15, -0.1) is 0 Å². The molecule has 39 valence electrons. The van der Waals surface area contributed by atoms with Gasteiger partial charge in [0.1, 0.15) is 6.67 Å². The number of nitrogens with zero attached hydrogens (tertiary/aromatic N) is 2. The zero-order valence-electron chi connectivity index (χ0n) is 4.22. The van der Waals surface area contributed by atoms with Crippen LogP contribution in [0, 0.1) is 0 Å². The van der Waals surface area contributed by atoms with E-state index in [0.29, 0.717) is 13.2 Å². The van der Waals surface area contributed by atoms with E-state index in [1.54, 1.807) is 7.11 Å². The van der Waals surface area contributed by atoms with Crippen LogP contribution >= 0.6 is 0 Å². The molecular weight excluding hydrogens is 92.1 g/mol. The summed E-state index contributed by atoms with van der Waals surface area (Å²) in [5, 5.41) is 3.91. The van der Waals surface area contributed by atoms with Crippen molar-refractivity contribution in [2.45, 2.75) is 0 Å². The van der Waals surface area contributed by atoms with Crippen LogP contribution < -0.4 is 5.32 Å². The lowest BCUT2D eigenvalue weighted by Gasteiger charge is -1.90. The number of rotatable bonds is 0. The van der Waals surface area contributed by atoms with Gasteiger partial charge in [-0.05, 0) is 0 Å². The van der Waals surface area contributed by atoms with Crippen molar-refractivity contribution in [3.63, 3.8) is 0 Å². The van der Waals surface area contributed by atoms with Crippen LogP contribution in [0.3, 0.4) is 0 Å². The van der Waals surface area contributed by atoms with E-state index in [0.717, 1.165) is 5.90 Å². The summed E-state index contributed by atoms with van der Waals surface area (Å²) < 4.78 is 4.77. The molecule has 0 aromatic carbocycles. The zero-order chi connectivity index (χ0) is 5.11. The van der Waals surface area contributed by atoms with Crippen LogP contribution in [0.25, 0.3) is 0 Å². The van der Waals surface area contributed by atoms with Gasteiger partial charge >= 0.3 is 0 Å². The second-order valence-electron chi connectivity index (χ2n) is 1.28. The minimum absolute atomic E-state index is 0.586. The summed E-state index contributed by atoms with van der Waals surface area (Å²) in [6.07, 6.45) is 0. The zero-order valence-corrected chi connectivity index (χ0v) is 4.22. The van der Waals surface area contributed by atoms with E-state index in [-0.39, 0.29) is 0 Å². The molecule has 1 aliphatic heterocycles. The Labute approximate surface area is 42.4 Å². The Morgan fingerprint density at radius 1 is 1.71 bits per heavy atom. The van der Waals surface area contributed by atoms with Crippen molar-refractivity contribution in [3.8, 4) is 0 Å². The topological polar surface area (TPSA) is 35.7 Å². The van der Waals surface area contributed by atoms with Crippen molar-refractivity contribution in [2.75, 3.05) is 20.3 Å². The Bertz CT molecular complexity index is 89.7. The first-order valence-electron chi connectivity index (χ1n) is 2.14. The van der Waals surface area contributed by atoms with Gasteiger partial charge in [-0.2, -0.15) is 0 Å². The molecule has 0 atom stereocenters. The minimum atomic E-state index is 0.586. The molecule has 0 amide bonds. The van der Waals surface area contributed by atoms with E-state index in [4.69, 9.17) is 4.74 Å². The highest BCUT2D eigenvalue weighted by atomic mass is 16.5. The molecule has 3 nitrogen and oxygen atoms in total. The van der Waals surface area contributed by atoms with Gasteiger partial charge in [0, 0.05) is 0 Å². The molecule has 7 heavy (non-hydrogen) atoms. The summed E-state index contributed by atoms with van der Waals surface area (Å²) >= 11 is 0. The number of methoxy groups -OCH3 is 1. The number of aliphatic imine (C=N–C) groups is 1. The average molecular weight is 99.1 g/mol. The Kier molecular flexibility index (Phi) is 1.26. The summed E-state index contributed by atoms with van der Waals surface area (Å²) in [7, 11) is 1.61. The van der Waals surface area contributed by atoms with E-state index in [1.807, 2.05) is 0 Å². The highest BCUT2D eigenvalue weighted by Gasteiger charge is 2.03. The standard InChI is InChI=1S/C4H7N2O/c1-7-4-2-5-3-6-4/h2-3H2,1H3. The molecule has 1 radical (unpaired) electrons. The van der Waals surface area contributed by atoms with Gasteiger partial charge in [0.2, 0.25) is 5.90 Å². The first-order chi connectivity index (χ1) is 3.43. The molecule has 0 spiro atoms. The fourth-order valence-electron chi connectivity index (χ4n) is 0.454. The molecule has 0 saturated heterocycles. The molecule has 3 heteroatoms. The van der Waals surface area contributed by atoms with Crippen LogP contribution in [0.4, 0.5) is 0 Å². The summed E-state index contributed by atoms with van der Waals surface area (Å²) in [5.41, 5.74) is 0. The van der Waals surface area contributed by atoms with Crippen molar-refractivity contribution < 1.29 is 4.74 Å². The largest absolute Gasteiger partial charge is 0.483 e. The lowest BCUT2D eigenvalue weighted by atomic mass is 10.7. The number of hydrogen-bond donors (Lipinski definition) is 0. The fraction of sp³-hybridized carbons (Fsp3) is 0.750. The van der Waals surface area contributed by atoms with Crippen molar-refractivity contribution in [2.24, 2.45) is 4.99 Å². The maximum Gasteiger partial charge on any atom is 0.200 e. The second-order valence-corrected chi connectivity index (χ2v) is 1.28. The monoisotopic (exact) mass is 99.1 g/mol. The Hall–Kier alpha value is -0.570. The Morgan fingerprint density at radius 2 is 2.57 bits per heavy atom. The SMILES string of the molecule is COC1=NC[N]C1. The van der Waals surface area contributed by atoms with Crippen LogP contribution in [0.1, 0.15) is 0 Å². The third kappa shape index (κ3) is 0.899. The fourth-order valence-corrected chi connectivity index (χ4v) is 0.454. The van der Waals surface area contributed by atoms with Gasteiger partial charge < -0.3 is 4.74 Å². The van der Waals surface area contributed by atoms with E-state index in [9.17, 15) is 0 Å². The van der Waals surface area contributed by atoms with E-state index >= 15 is 0 Å². The predicted molar refractivity (Wildman–Crippen MR) is 26.3 cm³/mol. The van der Waals surface area contributed by atoms with Gasteiger partial charge in [0.15, 0.2) is 0 Å². The molecular formula is C4H7N2O. The lowest BCUT2D eigenvalue weighted by molar-refractivity contribution is 0.398. The number of ether oxygens (including phenoxy) is 1. The van der Waals surface area contributed by atoms with Gasteiger partial charge in [0.25, 0.3) is 0 Å². The van der Waals surface area contributed by atoms with Crippen LogP contribution in [0.2, 0.25) is 0 Å². The smallest absolute Gasteiger partial charge is 0.200 e. The molecule has 0 fully saturated rings. The molecule has 0 aromatic heterocycles. The molecule has 0 N–H and O–H groups in total. The molecule has 1 heterocycles. The predicted octanol–water partition coefficient (Wildman–Crippen LogP) is -0.393. The molecule has 0 saturated carbocycles. The summed E-state index contributed by atoms with van der Waals surface area (Å²) in [4.78, 5) is 3.88. The van der Waals surface area contributed by atoms with Gasteiger partial charge in [0.05, 0.1) is 13.7 Å². The maximum absolute atomic E-state index is 4.77. The normalized spacial score (nSPS) is 19.3. The first-order valence-corrected chi connectivity index (χ1v) is 2.14. The Morgan fingerprint density at radius 3 is 2.86 bits per heavy atom. The second kappa shape index (κ2) is 1.93.